The monoisotopic (exact) mass is 576 g/mol. The zero-order chi connectivity index (χ0) is 31.1. The third-order valence-corrected chi connectivity index (χ3v) is 8.07. The van der Waals surface area contributed by atoms with E-state index in [1.807, 2.05) is 69.3 Å². The van der Waals surface area contributed by atoms with Crippen LogP contribution in [-0.2, 0) is 24.7 Å². The van der Waals surface area contributed by atoms with Crippen molar-refractivity contribution in [2.75, 3.05) is 20.3 Å². The molecule has 1 saturated heterocycles. The van der Waals surface area contributed by atoms with E-state index in [-0.39, 0.29) is 19.6 Å². The van der Waals surface area contributed by atoms with Crippen LogP contribution in [0, 0.1) is 5.41 Å². The summed E-state index contributed by atoms with van der Waals surface area (Å²) in [5.74, 6) is -1.66. The molecule has 0 aromatic heterocycles. The van der Waals surface area contributed by atoms with E-state index >= 15 is 0 Å². The minimum absolute atomic E-state index is 0.00140. The number of amides is 2. The van der Waals surface area contributed by atoms with Gasteiger partial charge in [-0.15, -0.1) is 6.58 Å². The molecule has 2 aromatic rings. The zero-order valence-electron chi connectivity index (χ0n) is 25.4. The molecule has 1 aliphatic rings. The van der Waals surface area contributed by atoms with Crippen LogP contribution in [0.25, 0.3) is 17.2 Å². The number of nitrogens with one attached hydrogen (secondary N) is 1. The smallest absolute Gasteiger partial charge is 0.407 e. The average Bonchev–Trinajstić information content (AvgIpc) is 3.30. The maximum Gasteiger partial charge on any atom is 0.407 e. The first kappa shape index (κ1) is 32.6. The second kappa shape index (κ2) is 13.4. The second-order valence-electron chi connectivity index (χ2n) is 12.1. The Bertz CT molecular complexity index is 1300. The average molecular weight is 577 g/mol. The first-order valence-corrected chi connectivity index (χ1v) is 14.3. The van der Waals surface area contributed by atoms with E-state index in [0.29, 0.717) is 6.42 Å². The van der Waals surface area contributed by atoms with Gasteiger partial charge >= 0.3 is 12.1 Å². The van der Waals surface area contributed by atoms with Crippen molar-refractivity contribution in [1.29, 1.82) is 0 Å². The van der Waals surface area contributed by atoms with Gasteiger partial charge in [-0.25, -0.2) is 9.59 Å². The maximum atomic E-state index is 14.1. The second-order valence-corrected chi connectivity index (χ2v) is 12.1. The summed E-state index contributed by atoms with van der Waals surface area (Å²) >= 11 is 0. The van der Waals surface area contributed by atoms with Crippen molar-refractivity contribution in [3.8, 4) is 11.1 Å². The van der Waals surface area contributed by atoms with Gasteiger partial charge in [-0.1, -0.05) is 88.0 Å². The third-order valence-electron chi connectivity index (χ3n) is 8.07. The number of carboxylic acids is 1. The van der Waals surface area contributed by atoms with Crippen molar-refractivity contribution >= 4 is 24.0 Å². The largest absolute Gasteiger partial charge is 0.480 e. The Morgan fingerprint density at radius 2 is 1.76 bits per heavy atom. The number of carbonyl (C=O) groups excluding carboxylic acids is 2. The summed E-state index contributed by atoms with van der Waals surface area (Å²) in [7, 11) is 1.53. The standard InChI is InChI=1S/C34H44N2O6/c1-8-10-11-14-21-42-31(40)35-28(32(3,4)5)29(37)36-23-34(41-7,22-33(36,6)30(38)39)26-19-17-25(18-20-26)27-16-13-12-15-24(27)9-2/h8-9,12-13,15-20,28H,1-2,10-11,14,21-23H2,3-7H3,(H,35,40)(H,38,39)/t28-,33+,34+/m1/s1. The van der Waals surface area contributed by atoms with Crippen LogP contribution < -0.4 is 5.32 Å². The Balaban J connectivity index is 1.91. The number of carbonyl (C=O) groups is 3. The van der Waals surface area contributed by atoms with Gasteiger partial charge in [0.05, 0.1) is 13.2 Å². The van der Waals surface area contributed by atoms with E-state index in [9.17, 15) is 19.5 Å². The number of ether oxygens (including phenoxy) is 2. The van der Waals surface area contributed by atoms with E-state index < -0.39 is 40.6 Å². The number of methoxy groups -OCH3 is 1. The molecule has 2 amide bonds. The Morgan fingerprint density at radius 1 is 1.10 bits per heavy atom. The molecule has 1 fully saturated rings. The van der Waals surface area contributed by atoms with Gasteiger partial charge < -0.3 is 24.8 Å². The van der Waals surface area contributed by atoms with Crippen molar-refractivity contribution in [2.45, 2.75) is 70.6 Å². The molecule has 2 N–H and O–H groups in total. The van der Waals surface area contributed by atoms with Gasteiger partial charge in [-0.2, -0.15) is 0 Å². The highest BCUT2D eigenvalue weighted by Gasteiger charge is 2.59. The van der Waals surface area contributed by atoms with Crippen LogP contribution in [0.1, 0.15) is 64.5 Å². The van der Waals surface area contributed by atoms with E-state index in [1.165, 1.54) is 18.9 Å². The molecule has 0 radical (unpaired) electrons. The van der Waals surface area contributed by atoms with Gasteiger partial charge in [0, 0.05) is 13.5 Å². The molecule has 226 valence electrons. The van der Waals surface area contributed by atoms with Gasteiger partial charge in [-0.05, 0) is 53.9 Å². The Hall–Kier alpha value is -3.91. The van der Waals surface area contributed by atoms with E-state index in [2.05, 4.69) is 18.5 Å². The number of rotatable bonds is 12. The number of aliphatic carboxylic acids is 1. The van der Waals surface area contributed by atoms with Crippen LogP contribution in [0.2, 0.25) is 0 Å². The van der Waals surface area contributed by atoms with Gasteiger partial charge in [-0.3, -0.25) is 4.79 Å². The molecule has 3 atom stereocenters. The normalized spacial score (nSPS) is 20.9. The fourth-order valence-corrected chi connectivity index (χ4v) is 5.51. The molecule has 8 heteroatoms. The minimum Gasteiger partial charge on any atom is -0.480 e. The van der Waals surface area contributed by atoms with Crippen molar-refractivity contribution in [2.24, 2.45) is 5.41 Å². The Kier molecular flexibility index (Phi) is 10.4. The quantitative estimate of drug-likeness (QED) is 0.223. The number of allylic oxidation sites excluding steroid dienone is 1. The van der Waals surface area contributed by atoms with Crippen LogP contribution in [0.5, 0.6) is 0 Å². The topological polar surface area (TPSA) is 105 Å². The van der Waals surface area contributed by atoms with Gasteiger partial charge in [0.2, 0.25) is 5.91 Å². The number of likely N-dealkylation sites (tertiary alicyclic amines) is 1. The summed E-state index contributed by atoms with van der Waals surface area (Å²) in [4.78, 5) is 40.9. The molecular formula is C34H44N2O6. The number of hydrogen-bond donors (Lipinski definition) is 2. The number of nitrogens with zero attached hydrogens (tertiary/aromatic N) is 1. The SMILES string of the molecule is C=CCCCCOC(=O)N[C@H](C(=O)N1C[C@](OC)(c2ccc(-c3ccccc3C=C)cc2)C[C@@]1(C)C(=O)O)C(C)(C)C. The van der Waals surface area contributed by atoms with Gasteiger partial charge in [0.15, 0.2) is 0 Å². The fraction of sp³-hybridized carbons (Fsp3) is 0.441. The lowest BCUT2D eigenvalue weighted by Gasteiger charge is -2.38. The van der Waals surface area contributed by atoms with Crippen LogP contribution in [0.3, 0.4) is 0 Å². The maximum absolute atomic E-state index is 14.1. The number of benzene rings is 2. The van der Waals surface area contributed by atoms with Crippen LogP contribution in [0.4, 0.5) is 4.79 Å². The summed E-state index contributed by atoms with van der Waals surface area (Å²) < 4.78 is 11.4. The number of carboxylic acid groups (broad SMARTS) is 1. The van der Waals surface area contributed by atoms with Gasteiger partial charge in [0.1, 0.15) is 17.2 Å². The molecule has 8 nitrogen and oxygen atoms in total. The first-order chi connectivity index (χ1) is 19.8. The molecule has 0 bridgehead atoms. The minimum atomic E-state index is -1.58. The molecule has 42 heavy (non-hydrogen) atoms. The molecule has 0 spiro atoms. The number of hydrogen-bond acceptors (Lipinski definition) is 5. The van der Waals surface area contributed by atoms with Crippen molar-refractivity contribution in [1.82, 2.24) is 10.2 Å². The summed E-state index contributed by atoms with van der Waals surface area (Å²) in [6, 6.07) is 14.7. The summed E-state index contributed by atoms with van der Waals surface area (Å²) in [6.07, 6.45) is 5.26. The molecular weight excluding hydrogens is 532 g/mol. The molecule has 1 aliphatic heterocycles. The third kappa shape index (κ3) is 6.93. The van der Waals surface area contributed by atoms with Crippen molar-refractivity contribution < 1.29 is 29.0 Å². The summed E-state index contributed by atoms with van der Waals surface area (Å²) in [6.45, 7) is 14.8. The molecule has 2 aromatic carbocycles. The van der Waals surface area contributed by atoms with Crippen LogP contribution in [0.15, 0.2) is 67.8 Å². The zero-order valence-corrected chi connectivity index (χ0v) is 25.4. The Morgan fingerprint density at radius 3 is 2.33 bits per heavy atom. The summed E-state index contributed by atoms with van der Waals surface area (Å²) in [5.41, 5.74) is 0.374. The summed E-state index contributed by atoms with van der Waals surface area (Å²) in [5, 5.41) is 13.1. The fourth-order valence-electron chi connectivity index (χ4n) is 5.51. The van der Waals surface area contributed by atoms with E-state index in [0.717, 1.165) is 35.1 Å². The highest BCUT2D eigenvalue weighted by molar-refractivity contribution is 5.92. The lowest BCUT2D eigenvalue weighted by atomic mass is 9.84. The highest BCUT2D eigenvalue weighted by Crippen LogP contribution is 2.46. The van der Waals surface area contributed by atoms with Gasteiger partial charge in [0.25, 0.3) is 0 Å². The molecule has 3 rings (SSSR count). The predicted octanol–water partition coefficient (Wildman–Crippen LogP) is 6.41. The van der Waals surface area contributed by atoms with Crippen LogP contribution in [-0.4, -0.2) is 59.8 Å². The van der Waals surface area contributed by atoms with Crippen LogP contribution >= 0.6 is 0 Å². The lowest BCUT2D eigenvalue weighted by molar-refractivity contribution is -0.157. The first-order valence-electron chi connectivity index (χ1n) is 14.3. The number of unbranched alkanes of at least 4 members (excludes halogenated alkanes) is 2. The van der Waals surface area contributed by atoms with E-state index in [4.69, 9.17) is 9.47 Å². The molecule has 0 saturated carbocycles. The molecule has 1 heterocycles. The van der Waals surface area contributed by atoms with E-state index in [1.54, 1.807) is 12.2 Å². The molecule has 0 aliphatic carbocycles. The predicted molar refractivity (Wildman–Crippen MR) is 165 cm³/mol. The molecule has 0 unspecified atom stereocenters. The van der Waals surface area contributed by atoms with Crippen molar-refractivity contribution in [3.05, 3.63) is 78.9 Å². The lowest BCUT2D eigenvalue weighted by Crippen LogP contribution is -2.60. The number of alkyl carbamates (subject to hydrolysis) is 1. The Labute approximate surface area is 249 Å². The highest BCUT2D eigenvalue weighted by atomic mass is 16.5. The van der Waals surface area contributed by atoms with Crippen molar-refractivity contribution in [3.63, 3.8) is 0 Å².